The topological polar surface area (TPSA) is 59.8 Å². The van der Waals surface area contributed by atoms with E-state index in [1.165, 1.54) is 12.1 Å². The first-order chi connectivity index (χ1) is 19.6. The Labute approximate surface area is 247 Å². The third-order valence-electron chi connectivity index (χ3n) is 8.74. The van der Waals surface area contributed by atoms with Crippen molar-refractivity contribution >= 4 is 28.4 Å². The molecule has 0 saturated carbocycles. The van der Waals surface area contributed by atoms with Gasteiger partial charge in [0.25, 0.3) is 5.91 Å². The summed E-state index contributed by atoms with van der Waals surface area (Å²) in [5.41, 5.74) is 2.86. The molecule has 0 spiro atoms. The molecule has 2 fully saturated rings. The van der Waals surface area contributed by atoms with Crippen molar-refractivity contribution in [2.24, 2.45) is 11.8 Å². The molecule has 4 heterocycles. The van der Waals surface area contributed by atoms with Crippen molar-refractivity contribution in [1.29, 1.82) is 0 Å². The average Bonchev–Trinajstić information content (AvgIpc) is 3.70. The summed E-state index contributed by atoms with van der Waals surface area (Å²) in [6.45, 7) is 11.9. The number of rotatable bonds is 10. The van der Waals surface area contributed by atoms with Crippen molar-refractivity contribution in [3.63, 3.8) is 0 Å². The first-order valence-electron chi connectivity index (χ1n) is 14.8. The summed E-state index contributed by atoms with van der Waals surface area (Å²) in [6, 6.07) is 4.84. The average molecular weight is 585 g/mol. The SMILES string of the molecule is CC(C)C(CCC1OCCO1)N1CC[C@@H](Cc2cn(-c3ccc(F)cc3C(=O)N(C)C(C)C)c3cncc(Cl)c23)C1. The lowest BCUT2D eigenvalue weighted by Gasteiger charge is -2.32. The lowest BCUT2D eigenvalue weighted by atomic mass is 9.96. The van der Waals surface area contributed by atoms with Crippen LogP contribution in [-0.4, -0.2) is 77.0 Å². The number of likely N-dealkylation sites (tertiary alicyclic amines) is 1. The Hall–Kier alpha value is -2.52. The molecule has 0 aliphatic carbocycles. The van der Waals surface area contributed by atoms with Gasteiger partial charge >= 0.3 is 0 Å². The Bertz CT molecular complexity index is 1370. The van der Waals surface area contributed by atoms with Crippen LogP contribution in [0.4, 0.5) is 4.39 Å². The Balaban J connectivity index is 1.41. The first kappa shape index (κ1) is 30.0. The predicted octanol–water partition coefficient (Wildman–Crippen LogP) is 6.34. The van der Waals surface area contributed by atoms with Crippen LogP contribution in [0.1, 0.15) is 62.9 Å². The Kier molecular flexibility index (Phi) is 9.33. The van der Waals surface area contributed by atoms with Gasteiger partial charge in [-0.1, -0.05) is 25.4 Å². The third kappa shape index (κ3) is 6.46. The number of benzene rings is 1. The fourth-order valence-corrected chi connectivity index (χ4v) is 6.62. The van der Waals surface area contributed by atoms with E-state index in [0.29, 0.717) is 47.4 Å². The van der Waals surface area contributed by atoms with Gasteiger partial charge in [-0.3, -0.25) is 14.7 Å². The number of ether oxygens (including phenoxy) is 2. The minimum absolute atomic E-state index is 0.0233. The van der Waals surface area contributed by atoms with Crippen LogP contribution in [-0.2, 0) is 15.9 Å². The van der Waals surface area contributed by atoms with E-state index in [1.54, 1.807) is 30.4 Å². The monoisotopic (exact) mass is 584 g/mol. The van der Waals surface area contributed by atoms with Crippen molar-refractivity contribution in [2.45, 2.75) is 71.8 Å². The van der Waals surface area contributed by atoms with Gasteiger partial charge < -0.3 is 18.9 Å². The van der Waals surface area contributed by atoms with Crippen LogP contribution in [0.15, 0.2) is 36.8 Å². The molecule has 9 heteroatoms. The zero-order valence-electron chi connectivity index (χ0n) is 24.8. The zero-order chi connectivity index (χ0) is 29.3. The van der Waals surface area contributed by atoms with Gasteiger partial charge in [-0.2, -0.15) is 0 Å². The van der Waals surface area contributed by atoms with E-state index >= 15 is 0 Å². The van der Waals surface area contributed by atoms with E-state index < -0.39 is 5.82 Å². The van der Waals surface area contributed by atoms with Crippen molar-refractivity contribution < 1.29 is 18.7 Å². The van der Waals surface area contributed by atoms with Crippen LogP contribution in [0.3, 0.4) is 0 Å². The molecule has 1 amide bonds. The number of nitrogens with zero attached hydrogens (tertiary/aromatic N) is 4. The highest BCUT2D eigenvalue weighted by molar-refractivity contribution is 6.35. The lowest BCUT2D eigenvalue weighted by Crippen LogP contribution is -2.38. The van der Waals surface area contributed by atoms with Gasteiger partial charge in [0, 0.05) is 43.5 Å². The van der Waals surface area contributed by atoms with Crippen molar-refractivity contribution in [3.8, 4) is 5.69 Å². The Morgan fingerprint density at radius 1 is 1.20 bits per heavy atom. The maximum atomic E-state index is 14.4. The maximum absolute atomic E-state index is 14.4. The summed E-state index contributed by atoms with van der Waals surface area (Å²) in [4.78, 5) is 22.0. The first-order valence-corrected chi connectivity index (χ1v) is 15.2. The number of halogens is 2. The quantitative estimate of drug-likeness (QED) is 0.278. The summed E-state index contributed by atoms with van der Waals surface area (Å²) < 4.78 is 27.7. The number of carbonyl (C=O) groups excluding carboxylic acids is 1. The molecule has 2 saturated heterocycles. The molecule has 222 valence electrons. The number of pyridine rings is 1. The van der Waals surface area contributed by atoms with E-state index in [1.807, 2.05) is 18.4 Å². The Morgan fingerprint density at radius 3 is 2.66 bits per heavy atom. The fraction of sp³-hybridized carbons (Fsp3) is 0.562. The summed E-state index contributed by atoms with van der Waals surface area (Å²) >= 11 is 6.75. The highest BCUT2D eigenvalue weighted by Crippen LogP contribution is 2.35. The number of hydrogen-bond donors (Lipinski definition) is 0. The number of fused-ring (bicyclic) bond motifs is 1. The van der Waals surface area contributed by atoms with Crippen molar-refractivity contribution in [2.75, 3.05) is 33.4 Å². The second-order valence-corrected chi connectivity index (χ2v) is 12.5. The van der Waals surface area contributed by atoms with Gasteiger partial charge in [-0.05, 0) is 81.7 Å². The third-order valence-corrected chi connectivity index (χ3v) is 9.03. The highest BCUT2D eigenvalue weighted by atomic mass is 35.5. The Morgan fingerprint density at radius 2 is 1.95 bits per heavy atom. The predicted molar refractivity (Wildman–Crippen MR) is 160 cm³/mol. The minimum atomic E-state index is -0.445. The van der Waals surface area contributed by atoms with Crippen LogP contribution in [0, 0.1) is 17.7 Å². The van der Waals surface area contributed by atoms with Crippen LogP contribution in [0.5, 0.6) is 0 Å². The lowest BCUT2D eigenvalue weighted by molar-refractivity contribution is -0.0527. The van der Waals surface area contributed by atoms with Crippen LogP contribution in [0.2, 0.25) is 5.02 Å². The highest BCUT2D eigenvalue weighted by Gasteiger charge is 2.32. The molecular weight excluding hydrogens is 543 g/mol. The molecule has 2 aromatic heterocycles. The smallest absolute Gasteiger partial charge is 0.256 e. The van der Waals surface area contributed by atoms with Gasteiger partial charge in [0.2, 0.25) is 0 Å². The van der Waals surface area contributed by atoms with Gasteiger partial charge in [0.15, 0.2) is 6.29 Å². The molecule has 1 aromatic carbocycles. The van der Waals surface area contributed by atoms with E-state index in [4.69, 9.17) is 21.1 Å². The molecule has 0 bridgehead atoms. The summed E-state index contributed by atoms with van der Waals surface area (Å²) in [5, 5.41) is 1.52. The molecule has 2 atom stereocenters. The second kappa shape index (κ2) is 12.8. The van der Waals surface area contributed by atoms with Crippen molar-refractivity contribution in [1.82, 2.24) is 19.4 Å². The second-order valence-electron chi connectivity index (χ2n) is 12.1. The number of aromatic nitrogens is 2. The van der Waals surface area contributed by atoms with Crippen LogP contribution < -0.4 is 0 Å². The minimum Gasteiger partial charge on any atom is -0.350 e. The van der Waals surface area contributed by atoms with Crippen molar-refractivity contribution in [3.05, 3.63) is 58.8 Å². The molecule has 0 N–H and O–H groups in total. The number of carbonyl (C=O) groups is 1. The molecule has 3 aromatic rings. The van der Waals surface area contributed by atoms with Crippen LogP contribution in [0.25, 0.3) is 16.6 Å². The maximum Gasteiger partial charge on any atom is 0.256 e. The van der Waals surface area contributed by atoms with Crippen LogP contribution >= 0.6 is 11.6 Å². The van der Waals surface area contributed by atoms with E-state index in [0.717, 1.165) is 55.2 Å². The molecular formula is C32H42ClFN4O3. The molecule has 1 unspecified atom stereocenters. The molecule has 0 radical (unpaired) electrons. The van der Waals surface area contributed by atoms with Gasteiger partial charge in [-0.15, -0.1) is 0 Å². The standard InChI is InChI=1S/C32H42ClFN4O3/c1-20(2)27(8-9-30-40-12-13-41-30)37-11-10-22(18-37)14-23-19-38(29-17-35-16-26(33)31(23)29)28-7-6-24(34)15-25(28)32(39)36(5)21(3)4/h6-7,15-17,19-22,27,30H,8-14,18H2,1-5H3/t22-,27?/m0/s1. The largest absolute Gasteiger partial charge is 0.350 e. The fourth-order valence-electron chi connectivity index (χ4n) is 6.34. The summed E-state index contributed by atoms with van der Waals surface area (Å²) in [6.07, 6.45) is 9.38. The van der Waals surface area contributed by atoms with Gasteiger partial charge in [-0.25, -0.2) is 4.39 Å². The molecule has 41 heavy (non-hydrogen) atoms. The number of hydrogen-bond acceptors (Lipinski definition) is 5. The van der Waals surface area contributed by atoms with Gasteiger partial charge in [0.1, 0.15) is 5.82 Å². The summed E-state index contributed by atoms with van der Waals surface area (Å²) in [5.74, 6) is 0.335. The molecule has 7 nitrogen and oxygen atoms in total. The normalized spacial score (nSPS) is 19.2. The number of amides is 1. The van der Waals surface area contributed by atoms with E-state index in [2.05, 4.69) is 29.9 Å². The van der Waals surface area contributed by atoms with Gasteiger partial charge in [0.05, 0.1) is 41.2 Å². The van der Waals surface area contributed by atoms with E-state index in [-0.39, 0.29) is 18.2 Å². The summed E-state index contributed by atoms with van der Waals surface area (Å²) in [7, 11) is 1.74. The molecule has 2 aliphatic rings. The molecule has 5 rings (SSSR count). The van der Waals surface area contributed by atoms with E-state index in [9.17, 15) is 9.18 Å². The molecule has 2 aliphatic heterocycles. The zero-order valence-corrected chi connectivity index (χ0v) is 25.5.